The summed E-state index contributed by atoms with van der Waals surface area (Å²) in [6.45, 7) is 0.394. The van der Waals surface area contributed by atoms with Gasteiger partial charge in [-0.3, -0.25) is 4.79 Å². The van der Waals surface area contributed by atoms with Gasteiger partial charge in [-0.05, 0) is 36.2 Å². The second-order valence-corrected chi connectivity index (χ2v) is 5.02. The lowest BCUT2D eigenvalue weighted by Crippen LogP contribution is -2.26. The standard InChI is InChI=1S/C15H12Cl2FNO/c16-13-6-2-5-12(14(13)17)15(20)19-8-7-10-3-1-4-11(18)9-10/h1-6,9H,7-8H2,(H,19,20). The van der Waals surface area contributed by atoms with E-state index in [2.05, 4.69) is 5.32 Å². The van der Waals surface area contributed by atoms with Crippen molar-refractivity contribution in [2.45, 2.75) is 6.42 Å². The van der Waals surface area contributed by atoms with Gasteiger partial charge in [0.25, 0.3) is 5.91 Å². The SMILES string of the molecule is O=C(NCCc1cccc(F)c1)c1cccc(Cl)c1Cl. The molecule has 0 saturated heterocycles. The highest BCUT2D eigenvalue weighted by molar-refractivity contribution is 6.43. The molecule has 0 unspecified atom stereocenters. The van der Waals surface area contributed by atoms with Gasteiger partial charge < -0.3 is 5.32 Å². The van der Waals surface area contributed by atoms with Gasteiger partial charge in [0.2, 0.25) is 0 Å². The lowest BCUT2D eigenvalue weighted by Gasteiger charge is -2.07. The lowest BCUT2D eigenvalue weighted by atomic mass is 10.1. The maximum absolute atomic E-state index is 13.0. The molecule has 0 aliphatic rings. The van der Waals surface area contributed by atoms with E-state index in [0.717, 1.165) is 5.56 Å². The predicted molar refractivity (Wildman–Crippen MR) is 78.9 cm³/mol. The first kappa shape index (κ1) is 14.8. The molecule has 0 aromatic heterocycles. The Labute approximate surface area is 126 Å². The number of carbonyl (C=O) groups excluding carboxylic acids is 1. The van der Waals surface area contributed by atoms with E-state index in [0.29, 0.717) is 23.6 Å². The summed E-state index contributed by atoms with van der Waals surface area (Å²) in [6, 6.07) is 11.2. The Balaban J connectivity index is 1.94. The second kappa shape index (κ2) is 6.73. The molecule has 0 aliphatic heterocycles. The molecule has 0 radical (unpaired) electrons. The molecule has 2 nitrogen and oxygen atoms in total. The minimum atomic E-state index is -0.297. The van der Waals surface area contributed by atoms with E-state index in [1.807, 2.05) is 6.07 Å². The zero-order valence-corrected chi connectivity index (χ0v) is 12.0. The highest BCUT2D eigenvalue weighted by Gasteiger charge is 2.11. The normalized spacial score (nSPS) is 10.3. The van der Waals surface area contributed by atoms with Crippen LogP contribution in [-0.2, 0) is 6.42 Å². The predicted octanol–water partition coefficient (Wildman–Crippen LogP) is 4.11. The number of halogens is 3. The Morgan fingerprint density at radius 3 is 2.65 bits per heavy atom. The molecule has 0 spiro atoms. The first-order chi connectivity index (χ1) is 9.58. The fourth-order valence-corrected chi connectivity index (χ4v) is 2.17. The van der Waals surface area contributed by atoms with E-state index in [1.54, 1.807) is 24.3 Å². The molecule has 0 aliphatic carbocycles. The number of hydrogen-bond acceptors (Lipinski definition) is 1. The smallest absolute Gasteiger partial charge is 0.252 e. The van der Waals surface area contributed by atoms with Crippen molar-refractivity contribution >= 4 is 29.1 Å². The minimum Gasteiger partial charge on any atom is -0.352 e. The summed E-state index contributed by atoms with van der Waals surface area (Å²) in [5.74, 6) is -0.583. The van der Waals surface area contributed by atoms with Crippen LogP contribution in [0.5, 0.6) is 0 Å². The molecule has 0 bridgehead atoms. The summed E-state index contributed by atoms with van der Waals surface area (Å²) in [6.07, 6.45) is 0.543. The van der Waals surface area contributed by atoms with Crippen molar-refractivity contribution in [2.75, 3.05) is 6.54 Å². The van der Waals surface area contributed by atoms with Crippen LogP contribution in [-0.4, -0.2) is 12.5 Å². The molecule has 0 heterocycles. The van der Waals surface area contributed by atoms with Crippen LogP contribution >= 0.6 is 23.2 Å². The van der Waals surface area contributed by atoms with E-state index in [-0.39, 0.29) is 16.7 Å². The largest absolute Gasteiger partial charge is 0.352 e. The van der Waals surface area contributed by atoms with Gasteiger partial charge in [-0.15, -0.1) is 0 Å². The average Bonchev–Trinajstić information content (AvgIpc) is 2.42. The minimum absolute atomic E-state index is 0.234. The van der Waals surface area contributed by atoms with Gasteiger partial charge in [-0.25, -0.2) is 4.39 Å². The average molecular weight is 312 g/mol. The number of hydrogen-bond donors (Lipinski definition) is 1. The van der Waals surface area contributed by atoms with E-state index < -0.39 is 0 Å². The summed E-state index contributed by atoms with van der Waals surface area (Å²) in [4.78, 5) is 11.9. The molecule has 2 aromatic rings. The zero-order valence-electron chi connectivity index (χ0n) is 10.5. The number of nitrogens with one attached hydrogen (secondary N) is 1. The summed E-state index contributed by atoms with van der Waals surface area (Å²) in [7, 11) is 0. The molecule has 1 amide bonds. The van der Waals surface area contributed by atoms with Crippen LogP contribution < -0.4 is 5.32 Å². The van der Waals surface area contributed by atoms with Crippen LogP contribution in [0.4, 0.5) is 4.39 Å². The Hall–Kier alpha value is -1.58. The molecule has 1 N–H and O–H groups in total. The molecular formula is C15H12Cl2FNO. The zero-order chi connectivity index (χ0) is 14.5. The molecular weight excluding hydrogens is 300 g/mol. The highest BCUT2D eigenvalue weighted by Crippen LogP contribution is 2.25. The topological polar surface area (TPSA) is 29.1 Å². The Morgan fingerprint density at radius 2 is 1.90 bits per heavy atom. The molecule has 20 heavy (non-hydrogen) atoms. The van der Waals surface area contributed by atoms with Gasteiger partial charge in [0.1, 0.15) is 5.82 Å². The molecule has 2 rings (SSSR count). The van der Waals surface area contributed by atoms with Crippen molar-refractivity contribution in [3.63, 3.8) is 0 Å². The quantitative estimate of drug-likeness (QED) is 0.904. The van der Waals surface area contributed by atoms with E-state index in [9.17, 15) is 9.18 Å². The highest BCUT2D eigenvalue weighted by atomic mass is 35.5. The summed E-state index contributed by atoms with van der Waals surface area (Å²) >= 11 is 11.8. The van der Waals surface area contributed by atoms with E-state index in [1.165, 1.54) is 12.1 Å². The Kier molecular flexibility index (Phi) is 4.99. The van der Waals surface area contributed by atoms with Crippen molar-refractivity contribution in [1.82, 2.24) is 5.32 Å². The van der Waals surface area contributed by atoms with Gasteiger partial charge in [0, 0.05) is 6.54 Å². The number of amides is 1. The van der Waals surface area contributed by atoms with Crippen molar-refractivity contribution in [2.24, 2.45) is 0 Å². The third-order valence-corrected chi connectivity index (χ3v) is 3.60. The molecule has 0 fully saturated rings. The Bertz CT molecular complexity index is 631. The number of carbonyl (C=O) groups is 1. The lowest BCUT2D eigenvalue weighted by molar-refractivity contribution is 0.0954. The van der Waals surface area contributed by atoms with Crippen LogP contribution in [0.1, 0.15) is 15.9 Å². The van der Waals surface area contributed by atoms with Crippen molar-refractivity contribution in [3.8, 4) is 0 Å². The van der Waals surface area contributed by atoms with Gasteiger partial charge in [-0.1, -0.05) is 41.4 Å². The van der Waals surface area contributed by atoms with Gasteiger partial charge in [-0.2, -0.15) is 0 Å². The Morgan fingerprint density at radius 1 is 1.15 bits per heavy atom. The summed E-state index contributed by atoms with van der Waals surface area (Å²) in [5, 5.41) is 3.30. The summed E-state index contributed by atoms with van der Waals surface area (Å²) < 4.78 is 13.0. The van der Waals surface area contributed by atoms with E-state index in [4.69, 9.17) is 23.2 Å². The second-order valence-electron chi connectivity index (χ2n) is 4.24. The van der Waals surface area contributed by atoms with Crippen molar-refractivity contribution in [3.05, 3.63) is 69.5 Å². The summed E-state index contributed by atoms with van der Waals surface area (Å²) in [5.41, 5.74) is 1.15. The number of rotatable bonds is 4. The van der Waals surface area contributed by atoms with Gasteiger partial charge >= 0.3 is 0 Å². The third kappa shape index (κ3) is 3.71. The fourth-order valence-electron chi connectivity index (χ4n) is 1.79. The third-order valence-electron chi connectivity index (χ3n) is 2.78. The first-order valence-electron chi connectivity index (χ1n) is 6.04. The molecule has 0 saturated carbocycles. The maximum atomic E-state index is 13.0. The maximum Gasteiger partial charge on any atom is 0.252 e. The number of benzene rings is 2. The van der Waals surface area contributed by atoms with Crippen LogP contribution in [0.2, 0.25) is 10.0 Å². The molecule has 104 valence electrons. The van der Waals surface area contributed by atoms with Crippen molar-refractivity contribution < 1.29 is 9.18 Å². The van der Waals surface area contributed by atoms with Crippen LogP contribution in [0.25, 0.3) is 0 Å². The van der Waals surface area contributed by atoms with Gasteiger partial charge in [0.05, 0.1) is 15.6 Å². The molecule has 2 aromatic carbocycles. The van der Waals surface area contributed by atoms with Crippen LogP contribution in [0.15, 0.2) is 42.5 Å². The van der Waals surface area contributed by atoms with Crippen molar-refractivity contribution in [1.29, 1.82) is 0 Å². The molecule has 0 atom stereocenters. The molecule has 5 heteroatoms. The van der Waals surface area contributed by atoms with Gasteiger partial charge in [0.15, 0.2) is 0 Å². The monoisotopic (exact) mass is 311 g/mol. The first-order valence-corrected chi connectivity index (χ1v) is 6.80. The van der Waals surface area contributed by atoms with Crippen LogP contribution in [0.3, 0.4) is 0 Å². The van der Waals surface area contributed by atoms with E-state index >= 15 is 0 Å². The van der Waals surface area contributed by atoms with Crippen LogP contribution in [0, 0.1) is 5.82 Å². The fraction of sp³-hybridized carbons (Fsp3) is 0.133.